The van der Waals surface area contributed by atoms with E-state index in [2.05, 4.69) is 5.32 Å². The number of carboxylic acid groups (broad SMARTS) is 1. The molecule has 2 N–H and O–H groups in total. The first kappa shape index (κ1) is 11.4. The summed E-state index contributed by atoms with van der Waals surface area (Å²) in [6.07, 6.45) is 1.91. The van der Waals surface area contributed by atoms with Crippen LogP contribution in [0.4, 0.5) is 0 Å². The number of likely N-dealkylation sites (tertiary alicyclic amines) is 1. The minimum Gasteiger partial charge on any atom is -0.481 e. The van der Waals surface area contributed by atoms with Crippen molar-refractivity contribution in [2.75, 3.05) is 19.6 Å². The van der Waals surface area contributed by atoms with Crippen LogP contribution in [-0.2, 0) is 9.59 Å². The highest BCUT2D eigenvalue weighted by Gasteiger charge is 2.39. The fourth-order valence-electron chi connectivity index (χ4n) is 2.58. The van der Waals surface area contributed by atoms with Gasteiger partial charge in [0.1, 0.15) is 0 Å². The molecule has 90 valence electrons. The summed E-state index contributed by atoms with van der Waals surface area (Å²) < 4.78 is 0. The smallest absolute Gasteiger partial charge is 0.308 e. The number of aliphatic carboxylic acids is 1. The van der Waals surface area contributed by atoms with Crippen molar-refractivity contribution in [2.24, 2.45) is 11.8 Å². The summed E-state index contributed by atoms with van der Waals surface area (Å²) in [6.45, 7) is 3.73. The maximum Gasteiger partial charge on any atom is 0.308 e. The molecule has 0 aromatic carbocycles. The zero-order valence-electron chi connectivity index (χ0n) is 9.48. The Morgan fingerprint density at radius 3 is 2.62 bits per heavy atom. The van der Waals surface area contributed by atoms with Crippen LogP contribution in [-0.4, -0.2) is 47.6 Å². The summed E-state index contributed by atoms with van der Waals surface area (Å²) in [5.74, 6) is -1.05. The maximum atomic E-state index is 12.0. The molecule has 16 heavy (non-hydrogen) atoms. The molecular formula is C11H18N2O3. The van der Waals surface area contributed by atoms with E-state index in [-0.39, 0.29) is 17.9 Å². The standard InChI is InChI=1S/C11H18N2O3/c1-7-5-13(6-8(7)11(15)16)10(14)9-3-2-4-12-9/h7-9,12H,2-6H2,1H3,(H,15,16)/t7-,8-,9?/m1/s1. The second-order valence-corrected chi connectivity index (χ2v) is 4.81. The van der Waals surface area contributed by atoms with Crippen LogP contribution in [0.1, 0.15) is 19.8 Å². The lowest BCUT2D eigenvalue weighted by atomic mass is 9.99. The van der Waals surface area contributed by atoms with E-state index in [9.17, 15) is 9.59 Å². The van der Waals surface area contributed by atoms with Crippen molar-refractivity contribution < 1.29 is 14.7 Å². The third-order valence-corrected chi connectivity index (χ3v) is 3.60. The Labute approximate surface area is 94.8 Å². The molecule has 0 spiro atoms. The second kappa shape index (κ2) is 4.41. The fraction of sp³-hybridized carbons (Fsp3) is 0.818. The van der Waals surface area contributed by atoms with E-state index in [1.54, 1.807) is 4.90 Å². The van der Waals surface area contributed by atoms with Gasteiger partial charge in [0.25, 0.3) is 0 Å². The summed E-state index contributed by atoms with van der Waals surface area (Å²) in [7, 11) is 0. The molecule has 1 unspecified atom stereocenters. The quantitative estimate of drug-likeness (QED) is 0.691. The van der Waals surface area contributed by atoms with Crippen LogP contribution in [0.5, 0.6) is 0 Å². The van der Waals surface area contributed by atoms with Crippen molar-refractivity contribution in [3.63, 3.8) is 0 Å². The number of hydrogen-bond acceptors (Lipinski definition) is 3. The number of nitrogens with one attached hydrogen (secondary N) is 1. The SMILES string of the molecule is C[C@@H]1CN(C(=O)C2CCCN2)C[C@H]1C(=O)O. The molecule has 0 bridgehead atoms. The van der Waals surface area contributed by atoms with E-state index < -0.39 is 11.9 Å². The summed E-state index contributed by atoms with van der Waals surface area (Å²) in [6, 6.07) is -0.0836. The molecule has 0 aromatic rings. The Balaban J connectivity index is 1.96. The second-order valence-electron chi connectivity index (χ2n) is 4.81. The molecule has 2 heterocycles. The fourth-order valence-corrected chi connectivity index (χ4v) is 2.58. The first-order valence-corrected chi connectivity index (χ1v) is 5.84. The number of carbonyl (C=O) groups is 2. The Morgan fingerprint density at radius 1 is 1.38 bits per heavy atom. The Kier molecular flexibility index (Phi) is 3.14. The van der Waals surface area contributed by atoms with Gasteiger partial charge >= 0.3 is 5.97 Å². The highest BCUT2D eigenvalue weighted by atomic mass is 16.4. The van der Waals surface area contributed by atoms with E-state index in [1.807, 2.05) is 6.92 Å². The third kappa shape index (κ3) is 2.04. The van der Waals surface area contributed by atoms with Crippen LogP contribution in [0.15, 0.2) is 0 Å². The average Bonchev–Trinajstić information content (AvgIpc) is 2.84. The van der Waals surface area contributed by atoms with Crippen molar-refractivity contribution in [3.05, 3.63) is 0 Å². The first-order valence-electron chi connectivity index (χ1n) is 5.84. The van der Waals surface area contributed by atoms with Crippen molar-refractivity contribution in [3.8, 4) is 0 Å². The molecule has 2 aliphatic heterocycles. The van der Waals surface area contributed by atoms with Crippen LogP contribution in [0.2, 0.25) is 0 Å². The van der Waals surface area contributed by atoms with E-state index >= 15 is 0 Å². The van der Waals surface area contributed by atoms with Crippen molar-refractivity contribution in [1.29, 1.82) is 0 Å². The first-order chi connectivity index (χ1) is 7.59. The summed E-state index contributed by atoms with van der Waals surface area (Å²) in [5.41, 5.74) is 0. The number of carbonyl (C=O) groups excluding carboxylic acids is 1. The van der Waals surface area contributed by atoms with Crippen LogP contribution < -0.4 is 5.32 Å². The number of carboxylic acids is 1. The van der Waals surface area contributed by atoms with Gasteiger partial charge in [-0.3, -0.25) is 9.59 Å². The van der Waals surface area contributed by atoms with E-state index in [1.165, 1.54) is 0 Å². The van der Waals surface area contributed by atoms with Crippen LogP contribution in [0.3, 0.4) is 0 Å². The molecule has 1 amide bonds. The molecule has 2 saturated heterocycles. The predicted octanol–water partition coefficient (Wildman–Crippen LogP) is -0.0825. The van der Waals surface area contributed by atoms with Crippen molar-refractivity contribution in [2.45, 2.75) is 25.8 Å². The number of nitrogens with zero attached hydrogens (tertiary/aromatic N) is 1. The van der Waals surface area contributed by atoms with Crippen LogP contribution in [0, 0.1) is 11.8 Å². The topological polar surface area (TPSA) is 69.6 Å². The minimum atomic E-state index is -0.790. The van der Waals surface area contributed by atoms with Gasteiger partial charge in [0.05, 0.1) is 12.0 Å². The lowest BCUT2D eigenvalue weighted by Crippen LogP contribution is -2.42. The van der Waals surface area contributed by atoms with E-state index in [0.717, 1.165) is 19.4 Å². The lowest BCUT2D eigenvalue weighted by Gasteiger charge is -2.20. The molecular weight excluding hydrogens is 208 g/mol. The number of hydrogen-bond donors (Lipinski definition) is 2. The minimum absolute atomic E-state index is 0.0582. The van der Waals surface area contributed by atoms with Gasteiger partial charge in [-0.1, -0.05) is 6.92 Å². The highest BCUT2D eigenvalue weighted by Crippen LogP contribution is 2.24. The predicted molar refractivity (Wildman–Crippen MR) is 57.9 cm³/mol. The van der Waals surface area contributed by atoms with Gasteiger partial charge in [-0.15, -0.1) is 0 Å². The van der Waals surface area contributed by atoms with E-state index in [0.29, 0.717) is 13.1 Å². The normalized spacial score (nSPS) is 34.3. The molecule has 2 rings (SSSR count). The van der Waals surface area contributed by atoms with Gasteiger partial charge in [-0.25, -0.2) is 0 Å². The molecule has 0 saturated carbocycles. The summed E-state index contributed by atoms with van der Waals surface area (Å²) in [4.78, 5) is 24.7. The largest absolute Gasteiger partial charge is 0.481 e. The Bertz CT molecular complexity index is 300. The molecule has 0 aliphatic carbocycles. The van der Waals surface area contributed by atoms with Crippen LogP contribution >= 0.6 is 0 Å². The average molecular weight is 226 g/mol. The highest BCUT2D eigenvalue weighted by molar-refractivity contribution is 5.83. The third-order valence-electron chi connectivity index (χ3n) is 3.60. The number of amides is 1. The van der Waals surface area contributed by atoms with Gasteiger partial charge in [-0.2, -0.15) is 0 Å². The Morgan fingerprint density at radius 2 is 2.12 bits per heavy atom. The Hall–Kier alpha value is -1.10. The molecule has 0 aromatic heterocycles. The molecule has 3 atom stereocenters. The molecule has 2 aliphatic rings. The van der Waals surface area contributed by atoms with Gasteiger partial charge < -0.3 is 15.3 Å². The zero-order valence-corrected chi connectivity index (χ0v) is 9.48. The van der Waals surface area contributed by atoms with Crippen LogP contribution in [0.25, 0.3) is 0 Å². The van der Waals surface area contributed by atoms with Crippen molar-refractivity contribution in [1.82, 2.24) is 10.2 Å². The van der Waals surface area contributed by atoms with E-state index in [4.69, 9.17) is 5.11 Å². The lowest BCUT2D eigenvalue weighted by molar-refractivity contribution is -0.142. The maximum absolute atomic E-state index is 12.0. The monoisotopic (exact) mass is 226 g/mol. The number of rotatable bonds is 2. The van der Waals surface area contributed by atoms with Gasteiger partial charge in [0.15, 0.2) is 0 Å². The van der Waals surface area contributed by atoms with Crippen molar-refractivity contribution >= 4 is 11.9 Å². The molecule has 0 radical (unpaired) electrons. The van der Waals surface area contributed by atoms with Gasteiger partial charge in [0.2, 0.25) is 5.91 Å². The molecule has 5 heteroatoms. The summed E-state index contributed by atoms with van der Waals surface area (Å²) >= 11 is 0. The molecule has 2 fully saturated rings. The zero-order chi connectivity index (χ0) is 11.7. The summed E-state index contributed by atoms with van der Waals surface area (Å²) in [5, 5.41) is 12.1. The van der Waals surface area contributed by atoms with Gasteiger partial charge in [-0.05, 0) is 25.3 Å². The van der Waals surface area contributed by atoms with Gasteiger partial charge in [0, 0.05) is 13.1 Å². The molecule has 5 nitrogen and oxygen atoms in total.